The van der Waals surface area contributed by atoms with E-state index < -0.39 is 5.54 Å². The number of carbonyl (C=O) groups excluding carboxylic acids is 3. The zero-order valence-electron chi connectivity index (χ0n) is 16.1. The smallest absolute Gasteiger partial charge is 0.245 e. The number of amides is 3. The van der Waals surface area contributed by atoms with Crippen molar-refractivity contribution in [2.75, 3.05) is 18.4 Å². The second kappa shape index (κ2) is 8.37. The van der Waals surface area contributed by atoms with E-state index in [1.807, 2.05) is 0 Å². The van der Waals surface area contributed by atoms with Crippen molar-refractivity contribution in [3.63, 3.8) is 0 Å². The van der Waals surface area contributed by atoms with Crippen LogP contribution in [-0.2, 0) is 27.2 Å². The summed E-state index contributed by atoms with van der Waals surface area (Å²) in [6.45, 7) is 4.37. The van der Waals surface area contributed by atoms with Gasteiger partial charge in [0.2, 0.25) is 17.7 Å². The largest absolute Gasteiger partial charge is 0.352 e. The Balaban J connectivity index is 1.53. The van der Waals surface area contributed by atoms with Crippen molar-refractivity contribution in [2.45, 2.75) is 70.8 Å². The first-order valence-electron chi connectivity index (χ1n) is 9.75. The predicted octanol–water partition coefficient (Wildman–Crippen LogP) is 2.26. The quantitative estimate of drug-likeness (QED) is 0.822. The van der Waals surface area contributed by atoms with Gasteiger partial charge in [-0.1, -0.05) is 12.8 Å². The molecule has 1 aromatic heterocycles. The van der Waals surface area contributed by atoms with Gasteiger partial charge in [0.05, 0.1) is 5.69 Å². The third-order valence-electron chi connectivity index (χ3n) is 5.31. The molecule has 0 bridgehead atoms. The highest BCUT2D eigenvalue weighted by Crippen LogP contribution is 2.28. The molecule has 0 aromatic carbocycles. The summed E-state index contributed by atoms with van der Waals surface area (Å²) in [6, 6.07) is 0. The number of anilines is 1. The van der Waals surface area contributed by atoms with Crippen molar-refractivity contribution in [1.82, 2.24) is 15.2 Å². The minimum atomic E-state index is -0.878. The fraction of sp³-hybridized carbons (Fsp3) is 0.684. The molecule has 0 saturated carbocycles. The zero-order valence-corrected chi connectivity index (χ0v) is 16.9. The predicted molar refractivity (Wildman–Crippen MR) is 105 cm³/mol. The molecule has 1 aliphatic heterocycles. The van der Waals surface area contributed by atoms with Gasteiger partial charge in [0, 0.05) is 30.8 Å². The number of fused-ring (bicyclic) bond motifs is 1. The molecule has 0 radical (unpaired) electrons. The molecule has 0 spiro atoms. The Morgan fingerprint density at radius 1 is 1.19 bits per heavy atom. The van der Waals surface area contributed by atoms with Crippen LogP contribution in [0.1, 0.15) is 62.9 Å². The highest BCUT2D eigenvalue weighted by Gasteiger charge is 2.40. The maximum atomic E-state index is 12.5. The lowest BCUT2D eigenvalue weighted by atomic mass is 9.98. The third-order valence-corrected chi connectivity index (χ3v) is 6.38. The summed E-state index contributed by atoms with van der Waals surface area (Å²) in [5.41, 5.74) is 0.240. The van der Waals surface area contributed by atoms with Gasteiger partial charge < -0.3 is 15.5 Å². The summed E-state index contributed by atoms with van der Waals surface area (Å²) in [4.78, 5) is 44.2. The van der Waals surface area contributed by atoms with Crippen LogP contribution in [0.2, 0.25) is 0 Å². The average molecular weight is 393 g/mol. The van der Waals surface area contributed by atoms with Crippen LogP contribution in [0.3, 0.4) is 0 Å². The Hall–Kier alpha value is -1.96. The minimum absolute atomic E-state index is 0.0909. The number of hydrogen-bond donors (Lipinski definition) is 2. The number of rotatable bonds is 4. The molecule has 1 aliphatic carbocycles. The van der Waals surface area contributed by atoms with E-state index in [1.54, 1.807) is 30.1 Å². The number of aromatic nitrogens is 1. The Bertz CT molecular complexity index is 703. The van der Waals surface area contributed by atoms with Crippen molar-refractivity contribution in [3.05, 3.63) is 10.6 Å². The number of carbonyl (C=O) groups is 3. The maximum absolute atomic E-state index is 12.5. The molecule has 3 rings (SSSR count). The second-order valence-electron chi connectivity index (χ2n) is 7.71. The maximum Gasteiger partial charge on any atom is 0.245 e. The lowest BCUT2D eigenvalue weighted by molar-refractivity contribution is -0.149. The molecule has 2 N–H and O–H groups in total. The molecular weight excluding hydrogens is 364 g/mol. The fourth-order valence-corrected chi connectivity index (χ4v) is 4.70. The van der Waals surface area contributed by atoms with E-state index in [0.717, 1.165) is 25.0 Å². The van der Waals surface area contributed by atoms with E-state index in [-0.39, 0.29) is 30.6 Å². The van der Waals surface area contributed by atoms with Gasteiger partial charge in [-0.2, -0.15) is 0 Å². The van der Waals surface area contributed by atoms with Crippen LogP contribution >= 0.6 is 11.3 Å². The lowest BCUT2D eigenvalue weighted by Crippen LogP contribution is -2.63. The molecule has 3 amide bonds. The Morgan fingerprint density at radius 3 is 2.70 bits per heavy atom. The standard InChI is InChI=1S/C19H28N4O3S/c1-19(2)17(26)20-11-12-23(19)16(25)10-9-15(24)22-18-21-13-7-5-3-4-6-8-14(13)27-18/h3-12H2,1-2H3,(H,20,26)(H,21,22,24). The summed E-state index contributed by atoms with van der Waals surface area (Å²) in [5.74, 6) is -0.535. The van der Waals surface area contributed by atoms with E-state index in [4.69, 9.17) is 0 Å². The average Bonchev–Trinajstić information content (AvgIpc) is 2.96. The molecule has 27 heavy (non-hydrogen) atoms. The van der Waals surface area contributed by atoms with Crippen molar-refractivity contribution in [3.8, 4) is 0 Å². The summed E-state index contributed by atoms with van der Waals surface area (Å²) in [5, 5.41) is 6.25. The van der Waals surface area contributed by atoms with Crippen LogP contribution in [0.5, 0.6) is 0 Å². The summed E-state index contributed by atoms with van der Waals surface area (Å²) in [6.07, 6.45) is 7.02. The topological polar surface area (TPSA) is 91.4 Å². The first-order chi connectivity index (χ1) is 12.9. The zero-order chi connectivity index (χ0) is 19.4. The van der Waals surface area contributed by atoms with Crippen molar-refractivity contribution < 1.29 is 14.4 Å². The summed E-state index contributed by atoms with van der Waals surface area (Å²) < 4.78 is 0. The number of nitrogens with zero attached hydrogens (tertiary/aromatic N) is 2. The monoisotopic (exact) mass is 392 g/mol. The minimum Gasteiger partial charge on any atom is -0.352 e. The van der Waals surface area contributed by atoms with Crippen molar-refractivity contribution in [1.29, 1.82) is 0 Å². The Kier molecular flexibility index (Phi) is 6.14. The molecule has 1 aromatic rings. The van der Waals surface area contributed by atoms with Crippen molar-refractivity contribution >= 4 is 34.2 Å². The van der Waals surface area contributed by atoms with Crippen LogP contribution < -0.4 is 10.6 Å². The third kappa shape index (κ3) is 4.66. The SMILES string of the molecule is CC1(C)C(=O)NCCN1C(=O)CCC(=O)Nc1nc2c(s1)CCCCCC2. The molecule has 0 atom stereocenters. The van der Waals surface area contributed by atoms with Crippen LogP contribution in [-0.4, -0.2) is 46.2 Å². The van der Waals surface area contributed by atoms with Gasteiger partial charge in [-0.25, -0.2) is 4.98 Å². The van der Waals surface area contributed by atoms with Gasteiger partial charge in [0.25, 0.3) is 0 Å². The normalized spacial score (nSPS) is 19.5. The highest BCUT2D eigenvalue weighted by molar-refractivity contribution is 7.15. The number of thiazole rings is 1. The Labute approximate surface area is 163 Å². The van der Waals surface area contributed by atoms with Gasteiger partial charge in [0.1, 0.15) is 5.54 Å². The molecular formula is C19H28N4O3S. The first-order valence-corrected chi connectivity index (χ1v) is 10.6. The number of aryl methyl sites for hydroxylation is 2. The van der Waals surface area contributed by atoms with Crippen LogP contribution in [0.25, 0.3) is 0 Å². The lowest BCUT2D eigenvalue weighted by Gasteiger charge is -2.41. The van der Waals surface area contributed by atoms with Gasteiger partial charge in [0.15, 0.2) is 5.13 Å². The van der Waals surface area contributed by atoms with Crippen LogP contribution in [0, 0.1) is 0 Å². The number of nitrogens with one attached hydrogen (secondary N) is 2. The number of piperazine rings is 1. The summed E-state index contributed by atoms with van der Waals surface area (Å²) in [7, 11) is 0. The molecule has 8 heteroatoms. The van der Waals surface area contributed by atoms with Crippen LogP contribution in [0.15, 0.2) is 0 Å². The second-order valence-corrected chi connectivity index (χ2v) is 8.80. The highest BCUT2D eigenvalue weighted by atomic mass is 32.1. The summed E-state index contributed by atoms with van der Waals surface area (Å²) >= 11 is 1.56. The Morgan fingerprint density at radius 2 is 1.93 bits per heavy atom. The van der Waals surface area contributed by atoms with E-state index in [9.17, 15) is 14.4 Å². The van der Waals surface area contributed by atoms with Gasteiger partial charge in [-0.3, -0.25) is 14.4 Å². The fourth-order valence-electron chi connectivity index (χ4n) is 3.63. The van der Waals surface area contributed by atoms with E-state index in [1.165, 1.54) is 24.1 Å². The van der Waals surface area contributed by atoms with Crippen LogP contribution in [0.4, 0.5) is 5.13 Å². The molecule has 2 heterocycles. The molecule has 0 unspecified atom stereocenters. The molecule has 2 aliphatic rings. The molecule has 1 saturated heterocycles. The van der Waals surface area contributed by atoms with E-state index in [2.05, 4.69) is 15.6 Å². The number of hydrogen-bond acceptors (Lipinski definition) is 5. The molecule has 1 fully saturated rings. The van der Waals surface area contributed by atoms with E-state index >= 15 is 0 Å². The van der Waals surface area contributed by atoms with Gasteiger partial charge in [-0.05, 0) is 39.5 Å². The van der Waals surface area contributed by atoms with Gasteiger partial charge >= 0.3 is 0 Å². The van der Waals surface area contributed by atoms with Crippen molar-refractivity contribution in [2.24, 2.45) is 0 Å². The first kappa shape index (κ1) is 19.8. The van der Waals surface area contributed by atoms with E-state index in [0.29, 0.717) is 18.2 Å². The molecule has 7 nitrogen and oxygen atoms in total. The molecule has 148 valence electrons. The van der Waals surface area contributed by atoms with Gasteiger partial charge in [-0.15, -0.1) is 11.3 Å².